The second-order valence-corrected chi connectivity index (χ2v) is 6.54. The van der Waals surface area contributed by atoms with Crippen molar-refractivity contribution in [1.29, 1.82) is 0 Å². The maximum atomic E-state index is 10.7. The molecule has 0 radical (unpaired) electrons. The molecule has 1 saturated heterocycles. The molecule has 1 N–H and O–H groups in total. The summed E-state index contributed by atoms with van der Waals surface area (Å²) in [7, 11) is 1.66. The maximum absolute atomic E-state index is 10.7. The van der Waals surface area contributed by atoms with E-state index in [1.807, 2.05) is 30.5 Å². The van der Waals surface area contributed by atoms with Gasteiger partial charge in [-0.3, -0.25) is 4.98 Å². The highest BCUT2D eigenvalue weighted by Crippen LogP contribution is 2.31. The third-order valence-corrected chi connectivity index (χ3v) is 5.10. The number of aliphatic hydroxyl groups is 1. The largest absolute Gasteiger partial charge is 0.497 e. The zero-order valence-electron chi connectivity index (χ0n) is 14.3. The minimum absolute atomic E-state index is 0.458. The van der Waals surface area contributed by atoms with Crippen molar-refractivity contribution < 1.29 is 9.84 Å². The highest BCUT2D eigenvalue weighted by Gasteiger charge is 2.19. The number of likely N-dealkylation sites (tertiary alicyclic amines) is 1. The average molecular weight is 326 g/mol. The lowest BCUT2D eigenvalue weighted by molar-refractivity contribution is 0.146. The van der Waals surface area contributed by atoms with E-state index in [0.29, 0.717) is 5.92 Å². The van der Waals surface area contributed by atoms with Gasteiger partial charge >= 0.3 is 0 Å². The number of fused-ring (bicyclic) bond motifs is 1. The lowest BCUT2D eigenvalue weighted by Crippen LogP contribution is -2.29. The Bertz CT molecular complexity index is 693. The lowest BCUT2D eigenvalue weighted by atomic mass is 9.89. The number of hydrogen-bond acceptors (Lipinski definition) is 4. The van der Waals surface area contributed by atoms with Crippen molar-refractivity contribution in [3.05, 3.63) is 48.8 Å². The summed E-state index contributed by atoms with van der Waals surface area (Å²) in [5.74, 6) is 1.49. The van der Waals surface area contributed by atoms with E-state index in [9.17, 15) is 5.11 Å². The molecule has 24 heavy (non-hydrogen) atoms. The van der Waals surface area contributed by atoms with E-state index < -0.39 is 6.10 Å². The van der Waals surface area contributed by atoms with Gasteiger partial charge in [0.1, 0.15) is 5.75 Å². The van der Waals surface area contributed by atoms with Gasteiger partial charge in [0.15, 0.2) is 0 Å². The number of piperidine rings is 1. The summed E-state index contributed by atoms with van der Waals surface area (Å²) in [6.07, 6.45) is 7.46. The number of benzene rings is 1. The molecule has 1 aliphatic heterocycles. The van der Waals surface area contributed by atoms with Gasteiger partial charge in [-0.2, -0.15) is 0 Å². The molecule has 4 nitrogen and oxygen atoms in total. The monoisotopic (exact) mass is 326 g/mol. The number of aromatic nitrogens is 1. The van der Waals surface area contributed by atoms with Crippen molar-refractivity contribution in [1.82, 2.24) is 9.88 Å². The molecule has 3 rings (SSSR count). The van der Waals surface area contributed by atoms with Crippen LogP contribution in [0.4, 0.5) is 0 Å². The number of ether oxygens (including phenoxy) is 1. The van der Waals surface area contributed by atoms with Gasteiger partial charge in [-0.05, 0) is 67.6 Å². The number of pyridine rings is 1. The Kier molecular flexibility index (Phi) is 5.36. The third kappa shape index (κ3) is 3.70. The smallest absolute Gasteiger partial charge is 0.119 e. The summed E-state index contributed by atoms with van der Waals surface area (Å²) >= 11 is 0. The molecule has 0 saturated carbocycles. The van der Waals surface area contributed by atoms with Gasteiger partial charge in [-0.15, -0.1) is 0 Å². The van der Waals surface area contributed by atoms with Crippen molar-refractivity contribution in [2.75, 3.05) is 20.2 Å². The molecule has 2 heterocycles. The maximum Gasteiger partial charge on any atom is 0.119 e. The normalized spacial score (nSPS) is 17.0. The highest BCUT2D eigenvalue weighted by molar-refractivity contribution is 5.83. The molecule has 0 aliphatic carbocycles. The topological polar surface area (TPSA) is 45.6 Å². The summed E-state index contributed by atoms with van der Waals surface area (Å²) in [5.41, 5.74) is 1.84. The van der Waals surface area contributed by atoms with Gasteiger partial charge in [0.05, 0.1) is 18.7 Å². The van der Waals surface area contributed by atoms with Crippen LogP contribution in [0.3, 0.4) is 0 Å². The molecule has 4 heteroatoms. The first-order chi connectivity index (χ1) is 11.7. The molecule has 1 aromatic carbocycles. The lowest BCUT2D eigenvalue weighted by Gasteiger charge is -2.31. The van der Waals surface area contributed by atoms with Crippen LogP contribution in [0.1, 0.15) is 37.4 Å². The zero-order chi connectivity index (χ0) is 16.9. The van der Waals surface area contributed by atoms with Gasteiger partial charge in [-0.1, -0.05) is 6.58 Å². The van der Waals surface area contributed by atoms with Crippen LogP contribution >= 0.6 is 0 Å². The average Bonchev–Trinajstić information content (AvgIpc) is 2.65. The van der Waals surface area contributed by atoms with Gasteiger partial charge in [0.25, 0.3) is 0 Å². The van der Waals surface area contributed by atoms with E-state index in [4.69, 9.17) is 4.74 Å². The summed E-state index contributed by atoms with van der Waals surface area (Å²) in [4.78, 5) is 6.66. The quantitative estimate of drug-likeness (QED) is 0.874. The van der Waals surface area contributed by atoms with Crippen LogP contribution < -0.4 is 4.74 Å². The summed E-state index contributed by atoms with van der Waals surface area (Å²) in [6, 6.07) is 7.73. The molecule has 1 fully saturated rings. The molecule has 0 bridgehead atoms. The predicted molar refractivity (Wildman–Crippen MR) is 97.0 cm³/mol. The fourth-order valence-corrected chi connectivity index (χ4v) is 3.54. The van der Waals surface area contributed by atoms with Gasteiger partial charge in [-0.25, -0.2) is 0 Å². The fourth-order valence-electron chi connectivity index (χ4n) is 3.54. The molecular formula is C20H26N2O2. The Morgan fingerprint density at radius 2 is 2.17 bits per heavy atom. The Morgan fingerprint density at radius 1 is 1.38 bits per heavy atom. The number of methoxy groups -OCH3 is 1. The van der Waals surface area contributed by atoms with Crippen LogP contribution in [0.25, 0.3) is 10.9 Å². The predicted octanol–water partition coefficient (Wildman–Crippen LogP) is 3.91. The van der Waals surface area contributed by atoms with Crippen LogP contribution in [-0.2, 0) is 0 Å². The van der Waals surface area contributed by atoms with E-state index >= 15 is 0 Å². The van der Waals surface area contributed by atoms with Gasteiger partial charge in [0, 0.05) is 24.7 Å². The van der Waals surface area contributed by atoms with Crippen LogP contribution in [-0.4, -0.2) is 35.2 Å². The van der Waals surface area contributed by atoms with E-state index in [1.165, 1.54) is 12.8 Å². The summed E-state index contributed by atoms with van der Waals surface area (Å²) < 4.78 is 5.31. The van der Waals surface area contributed by atoms with Crippen LogP contribution in [0.15, 0.2) is 43.2 Å². The zero-order valence-corrected chi connectivity index (χ0v) is 14.3. The van der Waals surface area contributed by atoms with E-state index in [0.717, 1.165) is 48.1 Å². The number of rotatable bonds is 6. The van der Waals surface area contributed by atoms with Crippen LogP contribution in [0.2, 0.25) is 0 Å². The van der Waals surface area contributed by atoms with Crippen molar-refractivity contribution in [3.8, 4) is 5.75 Å². The Labute approximate surface area is 143 Å². The molecule has 128 valence electrons. The first-order valence-corrected chi connectivity index (χ1v) is 8.68. The van der Waals surface area contributed by atoms with Crippen molar-refractivity contribution in [2.24, 2.45) is 5.92 Å². The van der Waals surface area contributed by atoms with E-state index in [2.05, 4.69) is 16.5 Å². The first kappa shape index (κ1) is 16.8. The summed E-state index contributed by atoms with van der Waals surface area (Å²) in [6.45, 7) is 6.00. The van der Waals surface area contributed by atoms with E-state index in [-0.39, 0.29) is 0 Å². The minimum Gasteiger partial charge on any atom is -0.497 e. The molecule has 1 aliphatic rings. The standard InChI is InChI=1S/C20H26N2O2/c1-3-22-12-9-15(10-13-22)4-7-20(23)17-8-11-21-19-6-5-16(24-2)14-18(17)19/h3,5-6,8,11,14-15,20,23H,1,4,7,9-10,12-13H2,2H3/t20-/m0/s1. The Balaban J connectivity index is 1.67. The minimum atomic E-state index is -0.458. The van der Waals surface area contributed by atoms with E-state index in [1.54, 1.807) is 13.3 Å². The Morgan fingerprint density at radius 3 is 2.88 bits per heavy atom. The molecule has 2 aromatic rings. The van der Waals surface area contributed by atoms with Gasteiger partial charge in [0.2, 0.25) is 0 Å². The Hall–Kier alpha value is -2.07. The van der Waals surface area contributed by atoms with Crippen molar-refractivity contribution in [2.45, 2.75) is 31.8 Å². The second-order valence-electron chi connectivity index (χ2n) is 6.54. The molecule has 1 aromatic heterocycles. The molecule has 1 atom stereocenters. The van der Waals surface area contributed by atoms with Crippen LogP contribution in [0, 0.1) is 5.92 Å². The number of aliphatic hydroxyl groups excluding tert-OH is 1. The molecule has 0 unspecified atom stereocenters. The van der Waals surface area contributed by atoms with Crippen LogP contribution in [0.5, 0.6) is 5.75 Å². The second kappa shape index (κ2) is 7.67. The molecular weight excluding hydrogens is 300 g/mol. The first-order valence-electron chi connectivity index (χ1n) is 8.68. The third-order valence-electron chi connectivity index (χ3n) is 5.10. The molecule has 0 amide bonds. The summed E-state index contributed by atoms with van der Waals surface area (Å²) in [5, 5.41) is 11.7. The molecule has 0 spiro atoms. The fraction of sp³-hybridized carbons (Fsp3) is 0.450. The highest BCUT2D eigenvalue weighted by atomic mass is 16.5. The van der Waals surface area contributed by atoms with Crippen molar-refractivity contribution in [3.63, 3.8) is 0 Å². The number of nitrogens with zero attached hydrogens (tertiary/aromatic N) is 2. The number of hydrogen-bond donors (Lipinski definition) is 1. The van der Waals surface area contributed by atoms with Crippen molar-refractivity contribution >= 4 is 10.9 Å². The van der Waals surface area contributed by atoms with Gasteiger partial charge < -0.3 is 14.7 Å². The SMILES string of the molecule is C=CN1CCC(CC[C@H](O)c2ccnc3ccc(OC)cc23)CC1.